The van der Waals surface area contributed by atoms with E-state index in [1.807, 2.05) is 36.4 Å². The van der Waals surface area contributed by atoms with Crippen LogP contribution in [0.3, 0.4) is 0 Å². The molecule has 0 atom stereocenters. The van der Waals surface area contributed by atoms with Gasteiger partial charge in [0.15, 0.2) is 0 Å². The molecular weight excluding hydrogens is 306 g/mol. The zero-order valence-electron chi connectivity index (χ0n) is 10.3. The van der Waals surface area contributed by atoms with Crippen molar-refractivity contribution < 1.29 is 9.94 Å². The summed E-state index contributed by atoms with van der Waals surface area (Å²) in [5.41, 5.74) is 1.97. The molecule has 2 aromatic carbocycles. The Kier molecular flexibility index (Phi) is 4.98. The summed E-state index contributed by atoms with van der Waals surface area (Å²) < 4.78 is 6.64. The van der Waals surface area contributed by atoms with E-state index in [0.717, 1.165) is 16.5 Å². The molecular formula is C15H14BrNO2. The number of hydrogen-bond acceptors (Lipinski definition) is 3. The number of ether oxygens (including phenoxy) is 1. The van der Waals surface area contributed by atoms with Gasteiger partial charge in [-0.2, -0.15) is 0 Å². The van der Waals surface area contributed by atoms with Gasteiger partial charge in [-0.05, 0) is 23.8 Å². The van der Waals surface area contributed by atoms with Crippen molar-refractivity contribution in [3.05, 3.63) is 64.1 Å². The Labute approximate surface area is 120 Å². The summed E-state index contributed by atoms with van der Waals surface area (Å²) in [6.45, 7) is 0.581. The highest BCUT2D eigenvalue weighted by molar-refractivity contribution is 9.10. The summed E-state index contributed by atoms with van der Waals surface area (Å²) >= 11 is 3.37. The summed E-state index contributed by atoms with van der Waals surface area (Å²) in [5, 5.41) is 11.7. The van der Waals surface area contributed by atoms with Crippen LogP contribution in [-0.4, -0.2) is 18.0 Å². The third-order valence-electron chi connectivity index (χ3n) is 2.66. The molecule has 19 heavy (non-hydrogen) atoms. The topological polar surface area (TPSA) is 41.8 Å². The van der Waals surface area contributed by atoms with Crippen LogP contribution in [0.5, 0.6) is 5.75 Å². The lowest BCUT2D eigenvalue weighted by atomic mass is 10.2. The molecule has 2 aromatic rings. The monoisotopic (exact) mass is 319 g/mol. The minimum atomic E-state index is 0.581. The molecule has 3 nitrogen and oxygen atoms in total. The predicted octanol–water partition coefficient (Wildman–Crippen LogP) is 3.88. The van der Waals surface area contributed by atoms with Crippen molar-refractivity contribution in [3.63, 3.8) is 0 Å². The third kappa shape index (κ3) is 4.10. The van der Waals surface area contributed by atoms with Gasteiger partial charge in [-0.15, -0.1) is 0 Å². The second-order valence-electron chi connectivity index (χ2n) is 4.01. The maximum absolute atomic E-state index is 8.64. The van der Waals surface area contributed by atoms with E-state index < -0.39 is 0 Å². The van der Waals surface area contributed by atoms with E-state index in [1.54, 1.807) is 0 Å². The van der Waals surface area contributed by atoms with Crippen LogP contribution in [0, 0.1) is 0 Å². The normalized spacial score (nSPS) is 10.8. The number of oxime groups is 1. The van der Waals surface area contributed by atoms with Gasteiger partial charge in [0.2, 0.25) is 0 Å². The Morgan fingerprint density at radius 1 is 1.16 bits per heavy atom. The van der Waals surface area contributed by atoms with Crippen LogP contribution in [0.1, 0.15) is 11.1 Å². The van der Waals surface area contributed by atoms with Crippen molar-refractivity contribution in [1.82, 2.24) is 0 Å². The summed E-state index contributed by atoms with van der Waals surface area (Å²) in [4.78, 5) is 0. The molecule has 0 aliphatic carbocycles. The molecule has 4 heteroatoms. The average Bonchev–Trinajstić information content (AvgIpc) is 2.43. The zero-order chi connectivity index (χ0) is 13.5. The second-order valence-corrected chi connectivity index (χ2v) is 4.93. The van der Waals surface area contributed by atoms with E-state index >= 15 is 0 Å². The van der Waals surface area contributed by atoms with Crippen LogP contribution in [0.25, 0.3) is 0 Å². The molecule has 2 rings (SSSR count). The van der Waals surface area contributed by atoms with Gasteiger partial charge in [-0.25, -0.2) is 0 Å². The number of halogens is 1. The highest BCUT2D eigenvalue weighted by Gasteiger charge is 2.03. The quantitative estimate of drug-likeness (QED) is 0.516. The standard InChI is InChI=1S/C15H14BrNO2/c16-14-6-7-15(13(10-14)11-17-18)19-9-8-12-4-2-1-3-5-12/h1-7,10-11,18H,8-9H2. The Balaban J connectivity index is 1.99. The Morgan fingerprint density at radius 2 is 1.95 bits per heavy atom. The van der Waals surface area contributed by atoms with Crippen LogP contribution < -0.4 is 4.74 Å². The van der Waals surface area contributed by atoms with E-state index in [2.05, 4.69) is 33.2 Å². The van der Waals surface area contributed by atoms with E-state index in [9.17, 15) is 0 Å². The van der Waals surface area contributed by atoms with Gasteiger partial charge >= 0.3 is 0 Å². The Morgan fingerprint density at radius 3 is 2.68 bits per heavy atom. The van der Waals surface area contributed by atoms with Crippen LogP contribution in [0.15, 0.2) is 58.2 Å². The Bertz CT molecular complexity index is 555. The highest BCUT2D eigenvalue weighted by atomic mass is 79.9. The van der Waals surface area contributed by atoms with Gasteiger partial charge in [-0.1, -0.05) is 51.4 Å². The maximum atomic E-state index is 8.64. The molecule has 0 spiro atoms. The first-order valence-corrected chi connectivity index (χ1v) is 6.72. The highest BCUT2D eigenvalue weighted by Crippen LogP contribution is 2.22. The second kappa shape index (κ2) is 6.95. The van der Waals surface area contributed by atoms with Crippen molar-refractivity contribution in [1.29, 1.82) is 0 Å². The van der Waals surface area contributed by atoms with E-state index in [0.29, 0.717) is 12.4 Å². The summed E-state index contributed by atoms with van der Waals surface area (Å²) in [7, 11) is 0. The van der Waals surface area contributed by atoms with Crippen molar-refractivity contribution in [2.24, 2.45) is 5.16 Å². The van der Waals surface area contributed by atoms with E-state index in [-0.39, 0.29) is 0 Å². The molecule has 1 N–H and O–H groups in total. The lowest BCUT2D eigenvalue weighted by Gasteiger charge is -2.09. The van der Waals surface area contributed by atoms with Crippen molar-refractivity contribution in [2.75, 3.05) is 6.61 Å². The molecule has 0 bridgehead atoms. The van der Waals surface area contributed by atoms with Gasteiger partial charge in [0, 0.05) is 16.5 Å². The van der Waals surface area contributed by atoms with E-state index in [1.165, 1.54) is 11.8 Å². The molecule has 0 aliphatic heterocycles. The predicted molar refractivity (Wildman–Crippen MR) is 79.2 cm³/mol. The van der Waals surface area contributed by atoms with Crippen LogP contribution in [-0.2, 0) is 6.42 Å². The van der Waals surface area contributed by atoms with Crippen LogP contribution in [0.2, 0.25) is 0 Å². The minimum absolute atomic E-state index is 0.581. The van der Waals surface area contributed by atoms with Gasteiger partial charge < -0.3 is 9.94 Å². The summed E-state index contributed by atoms with van der Waals surface area (Å²) in [5.74, 6) is 0.705. The minimum Gasteiger partial charge on any atom is -0.493 e. The number of rotatable bonds is 5. The number of nitrogens with zero attached hydrogens (tertiary/aromatic N) is 1. The van der Waals surface area contributed by atoms with Gasteiger partial charge in [0.1, 0.15) is 5.75 Å². The molecule has 98 valence electrons. The van der Waals surface area contributed by atoms with Crippen LogP contribution in [0.4, 0.5) is 0 Å². The zero-order valence-corrected chi connectivity index (χ0v) is 11.9. The molecule has 0 unspecified atom stereocenters. The first-order valence-electron chi connectivity index (χ1n) is 5.93. The van der Waals surface area contributed by atoms with Crippen molar-refractivity contribution >= 4 is 22.1 Å². The molecule has 0 radical (unpaired) electrons. The smallest absolute Gasteiger partial charge is 0.128 e. The molecule has 0 heterocycles. The molecule has 0 fully saturated rings. The van der Waals surface area contributed by atoms with Crippen molar-refractivity contribution in [3.8, 4) is 5.75 Å². The number of benzene rings is 2. The van der Waals surface area contributed by atoms with E-state index in [4.69, 9.17) is 9.94 Å². The summed E-state index contributed by atoms with van der Waals surface area (Å²) in [6.07, 6.45) is 2.20. The van der Waals surface area contributed by atoms with Gasteiger partial charge in [0.05, 0.1) is 12.8 Å². The van der Waals surface area contributed by atoms with Crippen LogP contribution >= 0.6 is 15.9 Å². The average molecular weight is 320 g/mol. The lowest BCUT2D eigenvalue weighted by molar-refractivity contribution is 0.316. The maximum Gasteiger partial charge on any atom is 0.128 e. The fraction of sp³-hybridized carbons (Fsp3) is 0.133. The summed E-state index contributed by atoms with van der Waals surface area (Å²) in [6, 6.07) is 15.8. The fourth-order valence-electron chi connectivity index (χ4n) is 1.74. The first kappa shape index (κ1) is 13.6. The number of hydrogen-bond donors (Lipinski definition) is 1. The molecule has 0 aliphatic rings. The SMILES string of the molecule is ON=Cc1cc(Br)ccc1OCCc1ccccc1. The van der Waals surface area contributed by atoms with Gasteiger partial charge in [0.25, 0.3) is 0 Å². The molecule has 0 aromatic heterocycles. The lowest BCUT2D eigenvalue weighted by Crippen LogP contribution is -2.03. The molecule has 0 saturated heterocycles. The first-order chi connectivity index (χ1) is 9.29. The molecule has 0 saturated carbocycles. The third-order valence-corrected chi connectivity index (χ3v) is 3.15. The fourth-order valence-corrected chi connectivity index (χ4v) is 2.12. The largest absolute Gasteiger partial charge is 0.493 e. The molecule has 0 amide bonds. The Hall–Kier alpha value is -1.81. The van der Waals surface area contributed by atoms with Crippen molar-refractivity contribution in [2.45, 2.75) is 6.42 Å². The van der Waals surface area contributed by atoms with Gasteiger partial charge in [-0.3, -0.25) is 0 Å².